The number of hydrogen-bond acceptors (Lipinski definition) is 1. The van der Waals surface area contributed by atoms with Crippen LogP contribution in [0.15, 0.2) is 30.5 Å². The van der Waals surface area contributed by atoms with E-state index in [1.165, 1.54) is 48.6 Å². The summed E-state index contributed by atoms with van der Waals surface area (Å²) >= 11 is 0. The molecular weight excluding hydrogens is 244 g/mol. The predicted octanol–water partition coefficient (Wildman–Crippen LogP) is 4.64. The number of nitrogens with one attached hydrogen (secondary N) is 1. The third-order valence-corrected chi connectivity index (χ3v) is 4.57. The van der Waals surface area contributed by atoms with Crippen molar-refractivity contribution in [1.29, 1.82) is 0 Å². The first-order chi connectivity index (χ1) is 9.75. The second kappa shape index (κ2) is 6.01. The molecule has 1 aliphatic rings. The molecule has 0 aliphatic heterocycles. The van der Waals surface area contributed by atoms with E-state index < -0.39 is 0 Å². The molecule has 1 saturated carbocycles. The lowest BCUT2D eigenvalue weighted by atomic mass is 9.95. The second-order valence-electron chi connectivity index (χ2n) is 6.39. The summed E-state index contributed by atoms with van der Waals surface area (Å²) < 4.78 is 2.40. The topological polar surface area (TPSA) is 17.0 Å². The number of fused-ring (bicyclic) bond motifs is 1. The van der Waals surface area contributed by atoms with Gasteiger partial charge in [0.15, 0.2) is 0 Å². The van der Waals surface area contributed by atoms with Crippen molar-refractivity contribution in [2.45, 2.75) is 64.6 Å². The van der Waals surface area contributed by atoms with E-state index in [-0.39, 0.29) is 0 Å². The molecule has 20 heavy (non-hydrogen) atoms. The molecule has 1 aromatic carbocycles. The molecule has 1 aliphatic carbocycles. The van der Waals surface area contributed by atoms with Gasteiger partial charge in [-0.1, -0.05) is 37.5 Å². The van der Waals surface area contributed by atoms with Crippen LogP contribution in [-0.4, -0.2) is 10.6 Å². The molecule has 3 rings (SSSR count). The average Bonchev–Trinajstić information content (AvgIpc) is 2.85. The molecule has 0 spiro atoms. The summed E-state index contributed by atoms with van der Waals surface area (Å²) in [5, 5.41) is 5.18. The van der Waals surface area contributed by atoms with Gasteiger partial charge in [-0.25, -0.2) is 0 Å². The first-order valence-electron chi connectivity index (χ1n) is 8.07. The summed E-state index contributed by atoms with van der Waals surface area (Å²) in [4.78, 5) is 0. The number of hydrogen-bond donors (Lipinski definition) is 1. The van der Waals surface area contributed by atoms with Crippen LogP contribution in [-0.2, 0) is 6.54 Å². The van der Waals surface area contributed by atoms with Gasteiger partial charge in [-0.05, 0) is 38.3 Å². The molecule has 2 heteroatoms. The van der Waals surface area contributed by atoms with E-state index >= 15 is 0 Å². The molecule has 0 amide bonds. The van der Waals surface area contributed by atoms with Crippen molar-refractivity contribution in [3.8, 4) is 0 Å². The first-order valence-corrected chi connectivity index (χ1v) is 8.07. The fourth-order valence-corrected chi connectivity index (χ4v) is 3.41. The standard InChI is InChI=1S/C18H26N2/c1-14(2)20-13-15(17-10-6-7-11-18(17)20)12-19-16-8-4-3-5-9-16/h6-7,10-11,13-14,16,19H,3-5,8-9,12H2,1-2H3. The lowest BCUT2D eigenvalue weighted by Crippen LogP contribution is -2.30. The molecule has 0 bridgehead atoms. The van der Waals surface area contributed by atoms with Gasteiger partial charge in [-0.3, -0.25) is 0 Å². The minimum absolute atomic E-state index is 0.517. The Labute approximate surface area is 122 Å². The van der Waals surface area contributed by atoms with Gasteiger partial charge in [0.25, 0.3) is 0 Å². The molecule has 1 fully saturated rings. The van der Waals surface area contributed by atoms with E-state index in [1.54, 1.807) is 0 Å². The molecule has 108 valence electrons. The van der Waals surface area contributed by atoms with Crippen LogP contribution in [0.4, 0.5) is 0 Å². The Kier molecular flexibility index (Phi) is 4.11. The Bertz CT molecular complexity index is 562. The number of aromatic nitrogens is 1. The van der Waals surface area contributed by atoms with Gasteiger partial charge in [0.2, 0.25) is 0 Å². The Hall–Kier alpha value is -1.28. The third-order valence-electron chi connectivity index (χ3n) is 4.57. The summed E-state index contributed by atoms with van der Waals surface area (Å²) in [6.07, 6.45) is 9.25. The van der Waals surface area contributed by atoms with Crippen molar-refractivity contribution in [2.24, 2.45) is 0 Å². The number of para-hydroxylation sites is 1. The van der Waals surface area contributed by atoms with Gasteiger partial charge in [0.1, 0.15) is 0 Å². The maximum absolute atomic E-state index is 3.77. The molecular formula is C18H26N2. The van der Waals surface area contributed by atoms with Crippen molar-refractivity contribution >= 4 is 10.9 Å². The van der Waals surface area contributed by atoms with E-state index in [0.29, 0.717) is 6.04 Å². The van der Waals surface area contributed by atoms with Gasteiger partial charge in [-0.2, -0.15) is 0 Å². The van der Waals surface area contributed by atoms with E-state index in [9.17, 15) is 0 Å². The normalized spacial score (nSPS) is 17.1. The van der Waals surface area contributed by atoms with Crippen LogP contribution in [0.1, 0.15) is 57.6 Å². The Morgan fingerprint density at radius 2 is 1.90 bits per heavy atom. The first kappa shape index (κ1) is 13.7. The van der Waals surface area contributed by atoms with Crippen LogP contribution < -0.4 is 5.32 Å². The van der Waals surface area contributed by atoms with Crippen molar-refractivity contribution in [3.63, 3.8) is 0 Å². The molecule has 0 radical (unpaired) electrons. The quantitative estimate of drug-likeness (QED) is 0.856. The zero-order chi connectivity index (χ0) is 13.9. The van der Waals surface area contributed by atoms with Gasteiger partial charge in [0, 0.05) is 35.7 Å². The summed E-state index contributed by atoms with van der Waals surface area (Å²) in [5.74, 6) is 0. The second-order valence-corrected chi connectivity index (χ2v) is 6.39. The van der Waals surface area contributed by atoms with Crippen LogP contribution in [0.25, 0.3) is 10.9 Å². The molecule has 1 N–H and O–H groups in total. The predicted molar refractivity (Wildman–Crippen MR) is 86.0 cm³/mol. The summed E-state index contributed by atoms with van der Waals surface area (Å²) in [5.41, 5.74) is 2.81. The minimum atomic E-state index is 0.517. The minimum Gasteiger partial charge on any atom is -0.345 e. The molecule has 1 heterocycles. The van der Waals surface area contributed by atoms with Crippen molar-refractivity contribution in [3.05, 3.63) is 36.0 Å². The summed E-state index contributed by atoms with van der Waals surface area (Å²) in [6, 6.07) is 10.0. The van der Waals surface area contributed by atoms with E-state index in [2.05, 4.69) is 54.2 Å². The number of nitrogens with zero attached hydrogens (tertiary/aromatic N) is 1. The maximum atomic E-state index is 3.77. The van der Waals surface area contributed by atoms with E-state index in [0.717, 1.165) is 12.6 Å². The average molecular weight is 270 g/mol. The highest BCUT2D eigenvalue weighted by molar-refractivity contribution is 5.84. The van der Waals surface area contributed by atoms with E-state index in [4.69, 9.17) is 0 Å². The highest BCUT2D eigenvalue weighted by atomic mass is 15.0. The van der Waals surface area contributed by atoms with Crippen LogP contribution in [0, 0.1) is 0 Å². The third kappa shape index (κ3) is 2.76. The Morgan fingerprint density at radius 3 is 2.65 bits per heavy atom. The fraction of sp³-hybridized carbons (Fsp3) is 0.556. The fourth-order valence-electron chi connectivity index (χ4n) is 3.41. The van der Waals surface area contributed by atoms with Crippen molar-refractivity contribution < 1.29 is 0 Å². The molecule has 1 aromatic heterocycles. The lowest BCUT2D eigenvalue weighted by Gasteiger charge is -2.22. The molecule has 2 nitrogen and oxygen atoms in total. The smallest absolute Gasteiger partial charge is 0.0486 e. The highest BCUT2D eigenvalue weighted by Crippen LogP contribution is 2.25. The van der Waals surface area contributed by atoms with E-state index in [1.807, 2.05) is 0 Å². The van der Waals surface area contributed by atoms with Crippen LogP contribution in [0.2, 0.25) is 0 Å². The number of benzene rings is 1. The van der Waals surface area contributed by atoms with Crippen LogP contribution in [0.3, 0.4) is 0 Å². The summed E-state index contributed by atoms with van der Waals surface area (Å²) in [6.45, 7) is 5.51. The van der Waals surface area contributed by atoms with Gasteiger partial charge >= 0.3 is 0 Å². The maximum Gasteiger partial charge on any atom is 0.0486 e. The van der Waals surface area contributed by atoms with Crippen LogP contribution >= 0.6 is 0 Å². The zero-order valence-electron chi connectivity index (χ0n) is 12.7. The van der Waals surface area contributed by atoms with Crippen LogP contribution in [0.5, 0.6) is 0 Å². The largest absolute Gasteiger partial charge is 0.345 e. The lowest BCUT2D eigenvalue weighted by molar-refractivity contribution is 0.372. The zero-order valence-corrected chi connectivity index (χ0v) is 12.7. The summed E-state index contributed by atoms with van der Waals surface area (Å²) in [7, 11) is 0. The molecule has 0 saturated heterocycles. The van der Waals surface area contributed by atoms with Gasteiger partial charge < -0.3 is 9.88 Å². The molecule has 0 atom stereocenters. The highest BCUT2D eigenvalue weighted by Gasteiger charge is 2.14. The molecule has 0 unspecified atom stereocenters. The Morgan fingerprint density at radius 1 is 1.15 bits per heavy atom. The van der Waals surface area contributed by atoms with Crippen molar-refractivity contribution in [1.82, 2.24) is 9.88 Å². The van der Waals surface area contributed by atoms with Gasteiger partial charge in [0.05, 0.1) is 0 Å². The monoisotopic (exact) mass is 270 g/mol. The number of rotatable bonds is 4. The Balaban J connectivity index is 1.80. The SMILES string of the molecule is CC(C)n1cc(CNC2CCCCC2)c2ccccc21. The molecule has 2 aromatic rings. The van der Waals surface area contributed by atoms with Gasteiger partial charge in [-0.15, -0.1) is 0 Å². The van der Waals surface area contributed by atoms with Crippen molar-refractivity contribution in [2.75, 3.05) is 0 Å².